The number of fused-ring (bicyclic) bond motifs is 2. The summed E-state index contributed by atoms with van der Waals surface area (Å²) >= 11 is 0. The lowest BCUT2D eigenvalue weighted by Crippen LogP contribution is -2.51. The van der Waals surface area contributed by atoms with Crippen molar-refractivity contribution in [3.05, 3.63) is 102 Å². The van der Waals surface area contributed by atoms with Crippen LogP contribution in [-0.4, -0.2) is 48.8 Å². The number of nitrogens with zero attached hydrogens (tertiary/aromatic N) is 5. The summed E-state index contributed by atoms with van der Waals surface area (Å²) in [6, 6.07) is 26.3. The number of aromatic nitrogens is 4. The van der Waals surface area contributed by atoms with Gasteiger partial charge in [-0.05, 0) is 68.1 Å². The number of benzene rings is 3. The average Bonchev–Trinajstić information content (AvgIpc) is 3.37. The highest BCUT2D eigenvalue weighted by atomic mass is 16.2. The highest BCUT2D eigenvalue weighted by molar-refractivity contribution is 5.91. The van der Waals surface area contributed by atoms with Crippen molar-refractivity contribution in [2.45, 2.75) is 51.7 Å². The summed E-state index contributed by atoms with van der Waals surface area (Å²) in [6.07, 6.45) is 3.09. The monoisotopic (exact) mass is 534 g/mol. The molecule has 0 saturated carbocycles. The number of para-hydroxylation sites is 1. The van der Waals surface area contributed by atoms with Crippen molar-refractivity contribution in [3.63, 3.8) is 0 Å². The number of rotatable bonds is 10. The van der Waals surface area contributed by atoms with E-state index in [1.54, 1.807) is 15.8 Å². The van der Waals surface area contributed by atoms with Crippen molar-refractivity contribution in [2.24, 2.45) is 0 Å². The maximum absolute atomic E-state index is 14.1. The molecule has 1 N–H and O–H groups in total. The van der Waals surface area contributed by atoms with Gasteiger partial charge in [-0.15, -0.1) is 5.10 Å². The lowest BCUT2D eigenvalue weighted by molar-refractivity contribution is -0.142. The summed E-state index contributed by atoms with van der Waals surface area (Å²) in [5, 5.41) is 12.5. The second kappa shape index (κ2) is 11.7. The van der Waals surface area contributed by atoms with Crippen LogP contribution in [0.4, 0.5) is 0 Å². The Morgan fingerprint density at radius 3 is 2.52 bits per heavy atom. The van der Waals surface area contributed by atoms with Crippen LogP contribution in [0.2, 0.25) is 0 Å². The van der Waals surface area contributed by atoms with Gasteiger partial charge in [0.05, 0.1) is 11.0 Å². The molecule has 1 unspecified atom stereocenters. The van der Waals surface area contributed by atoms with E-state index >= 15 is 0 Å². The van der Waals surface area contributed by atoms with Gasteiger partial charge in [-0.2, -0.15) is 0 Å². The standard InChI is InChI=1S/C32H34N6O2/c1-4-32(2,3)34-31(40)30(25-16-17-26-24(21-25)13-10-19-33-26)37(20-18-23-11-6-5-7-12-23)29(39)22-38-28-15-9-8-14-27(28)35-36-38/h5-17,19,21,30H,4,18,20,22H2,1-3H3,(H,34,40). The van der Waals surface area contributed by atoms with Crippen LogP contribution in [0, 0.1) is 0 Å². The fourth-order valence-electron chi connectivity index (χ4n) is 4.77. The molecule has 8 heteroatoms. The number of nitrogens with one attached hydrogen (secondary N) is 1. The Balaban J connectivity index is 1.56. The van der Waals surface area contributed by atoms with Crippen LogP contribution in [-0.2, 0) is 22.6 Å². The molecule has 5 rings (SSSR count). The van der Waals surface area contributed by atoms with Crippen molar-refractivity contribution >= 4 is 33.8 Å². The third-order valence-electron chi connectivity index (χ3n) is 7.36. The number of carbonyl (C=O) groups excluding carboxylic acids is 2. The molecule has 1 atom stereocenters. The first kappa shape index (κ1) is 27.0. The van der Waals surface area contributed by atoms with E-state index in [1.165, 1.54) is 0 Å². The third-order valence-corrected chi connectivity index (χ3v) is 7.36. The van der Waals surface area contributed by atoms with Gasteiger partial charge >= 0.3 is 0 Å². The number of carbonyl (C=O) groups is 2. The number of amides is 2. The van der Waals surface area contributed by atoms with Gasteiger partial charge in [0.15, 0.2) is 0 Å². The van der Waals surface area contributed by atoms with Gasteiger partial charge in [0.2, 0.25) is 11.8 Å². The Morgan fingerprint density at radius 2 is 1.73 bits per heavy atom. The highest BCUT2D eigenvalue weighted by Gasteiger charge is 2.34. The molecule has 204 valence electrons. The molecule has 2 aromatic heterocycles. The summed E-state index contributed by atoms with van der Waals surface area (Å²) in [7, 11) is 0. The summed E-state index contributed by atoms with van der Waals surface area (Å²) in [5.41, 5.74) is 3.69. The molecule has 0 saturated heterocycles. The minimum Gasteiger partial charge on any atom is -0.349 e. The number of pyridine rings is 1. The average molecular weight is 535 g/mol. The van der Waals surface area contributed by atoms with Crippen LogP contribution in [0.3, 0.4) is 0 Å². The molecule has 2 heterocycles. The quantitative estimate of drug-likeness (QED) is 0.269. The lowest BCUT2D eigenvalue weighted by atomic mass is 9.97. The molecule has 2 amide bonds. The predicted octanol–water partition coefficient (Wildman–Crippen LogP) is 5.10. The van der Waals surface area contributed by atoms with Crippen LogP contribution in [0.15, 0.2) is 91.1 Å². The zero-order chi connectivity index (χ0) is 28.1. The maximum atomic E-state index is 14.1. The van der Waals surface area contributed by atoms with Crippen molar-refractivity contribution in [1.82, 2.24) is 30.2 Å². The van der Waals surface area contributed by atoms with Crippen LogP contribution in [0.1, 0.15) is 44.4 Å². The second-order valence-corrected chi connectivity index (χ2v) is 10.6. The zero-order valence-corrected chi connectivity index (χ0v) is 23.1. The smallest absolute Gasteiger partial charge is 0.247 e. The van der Waals surface area contributed by atoms with Crippen molar-refractivity contribution < 1.29 is 9.59 Å². The Bertz CT molecular complexity index is 1630. The van der Waals surface area contributed by atoms with E-state index in [0.29, 0.717) is 18.5 Å². The molecular formula is C32H34N6O2. The Morgan fingerprint density at radius 1 is 0.950 bits per heavy atom. The number of hydrogen-bond donors (Lipinski definition) is 1. The topological polar surface area (TPSA) is 93.0 Å². The van der Waals surface area contributed by atoms with E-state index in [9.17, 15) is 9.59 Å². The summed E-state index contributed by atoms with van der Waals surface area (Å²) in [5.74, 6) is -0.438. The van der Waals surface area contributed by atoms with Crippen LogP contribution in [0.5, 0.6) is 0 Å². The summed E-state index contributed by atoms with van der Waals surface area (Å²) < 4.78 is 1.60. The molecule has 0 radical (unpaired) electrons. The molecule has 8 nitrogen and oxygen atoms in total. The Hall–Kier alpha value is -4.59. The van der Waals surface area contributed by atoms with Gasteiger partial charge in [-0.3, -0.25) is 14.6 Å². The minimum atomic E-state index is -0.846. The fraction of sp³-hybridized carbons (Fsp3) is 0.281. The predicted molar refractivity (Wildman–Crippen MR) is 156 cm³/mol. The van der Waals surface area contributed by atoms with Crippen molar-refractivity contribution in [1.29, 1.82) is 0 Å². The van der Waals surface area contributed by atoms with E-state index < -0.39 is 11.6 Å². The van der Waals surface area contributed by atoms with Gasteiger partial charge in [0.1, 0.15) is 18.1 Å². The van der Waals surface area contributed by atoms with E-state index in [4.69, 9.17) is 0 Å². The SMILES string of the molecule is CCC(C)(C)NC(=O)C(c1ccc2ncccc2c1)N(CCc1ccccc1)C(=O)Cn1nnc2ccccc21. The van der Waals surface area contributed by atoms with Gasteiger partial charge in [0.25, 0.3) is 0 Å². The van der Waals surface area contributed by atoms with E-state index in [1.807, 2.05) is 106 Å². The van der Waals surface area contributed by atoms with Crippen LogP contribution >= 0.6 is 0 Å². The van der Waals surface area contributed by atoms with Crippen LogP contribution < -0.4 is 5.32 Å². The summed E-state index contributed by atoms with van der Waals surface area (Å²) in [6.45, 7) is 6.33. The Labute approximate surface area is 234 Å². The lowest BCUT2D eigenvalue weighted by Gasteiger charge is -2.35. The van der Waals surface area contributed by atoms with Crippen molar-refractivity contribution in [2.75, 3.05) is 6.54 Å². The first-order valence-corrected chi connectivity index (χ1v) is 13.6. The Kier molecular flexibility index (Phi) is 7.86. The molecule has 0 bridgehead atoms. The minimum absolute atomic E-state index is 0.0363. The normalized spacial score (nSPS) is 12.4. The van der Waals surface area contributed by atoms with Gasteiger partial charge in [0, 0.05) is 23.7 Å². The van der Waals surface area contributed by atoms with E-state index in [2.05, 4.69) is 20.6 Å². The zero-order valence-electron chi connectivity index (χ0n) is 23.1. The molecule has 0 aliphatic rings. The van der Waals surface area contributed by atoms with Gasteiger partial charge in [-0.1, -0.05) is 66.7 Å². The van der Waals surface area contributed by atoms with E-state index in [-0.39, 0.29) is 18.4 Å². The summed E-state index contributed by atoms with van der Waals surface area (Å²) in [4.78, 5) is 34.3. The first-order chi connectivity index (χ1) is 19.3. The molecule has 0 aliphatic carbocycles. The maximum Gasteiger partial charge on any atom is 0.247 e. The molecular weight excluding hydrogens is 500 g/mol. The number of hydrogen-bond acceptors (Lipinski definition) is 5. The second-order valence-electron chi connectivity index (χ2n) is 10.6. The molecule has 0 fully saturated rings. The third kappa shape index (κ3) is 6.01. The molecule has 0 aliphatic heterocycles. The first-order valence-electron chi connectivity index (χ1n) is 13.6. The largest absolute Gasteiger partial charge is 0.349 e. The van der Waals surface area contributed by atoms with Crippen LogP contribution in [0.25, 0.3) is 21.9 Å². The van der Waals surface area contributed by atoms with E-state index in [0.717, 1.165) is 34.0 Å². The van der Waals surface area contributed by atoms with Gasteiger partial charge < -0.3 is 10.2 Å². The van der Waals surface area contributed by atoms with Gasteiger partial charge in [-0.25, -0.2) is 4.68 Å². The fourth-order valence-corrected chi connectivity index (χ4v) is 4.77. The molecule has 3 aromatic carbocycles. The molecule has 0 spiro atoms. The van der Waals surface area contributed by atoms with Crippen molar-refractivity contribution in [3.8, 4) is 0 Å². The highest BCUT2D eigenvalue weighted by Crippen LogP contribution is 2.27. The molecule has 40 heavy (non-hydrogen) atoms. The molecule has 5 aromatic rings.